The fourth-order valence-electron chi connectivity index (χ4n) is 1.94. The molecule has 0 bridgehead atoms. The second kappa shape index (κ2) is 6.71. The van der Waals surface area contributed by atoms with Crippen LogP contribution in [0, 0.1) is 0 Å². The zero-order chi connectivity index (χ0) is 13.7. The number of ether oxygens (including phenoxy) is 1. The number of alkyl halides is 1. The maximum Gasteiger partial charge on any atom is 0.182 e. The van der Waals surface area contributed by atoms with Gasteiger partial charge in [-0.15, -0.1) is 0 Å². The molecule has 0 N–H and O–H groups in total. The molecule has 0 spiro atoms. The number of halogens is 1. The van der Waals surface area contributed by atoms with Crippen molar-refractivity contribution in [3.8, 4) is 0 Å². The normalized spacial score (nSPS) is 17.5. The summed E-state index contributed by atoms with van der Waals surface area (Å²) in [6, 6.07) is 9.63. The van der Waals surface area contributed by atoms with Gasteiger partial charge in [-0.25, -0.2) is 8.42 Å². The SMILES string of the molecule is O=S(=O)(/C=C(\c1ccccc1)N1CCOCC1)CI. The van der Waals surface area contributed by atoms with E-state index >= 15 is 0 Å². The quantitative estimate of drug-likeness (QED) is 0.581. The number of morpholine rings is 1. The Morgan fingerprint density at radius 3 is 2.47 bits per heavy atom. The molecule has 0 atom stereocenters. The highest BCUT2D eigenvalue weighted by Gasteiger charge is 2.18. The first-order chi connectivity index (χ1) is 9.12. The summed E-state index contributed by atoms with van der Waals surface area (Å²) in [7, 11) is -3.17. The molecular formula is C13H16INO3S. The van der Waals surface area contributed by atoms with E-state index in [1.54, 1.807) is 0 Å². The molecule has 104 valence electrons. The molecule has 1 aromatic carbocycles. The number of benzene rings is 1. The molecule has 6 heteroatoms. The highest BCUT2D eigenvalue weighted by atomic mass is 127. The molecule has 0 saturated carbocycles. The number of nitrogens with zero attached hydrogens (tertiary/aromatic N) is 1. The van der Waals surface area contributed by atoms with Crippen LogP contribution < -0.4 is 0 Å². The highest BCUT2D eigenvalue weighted by Crippen LogP contribution is 2.22. The fraction of sp³-hybridized carbons (Fsp3) is 0.385. The van der Waals surface area contributed by atoms with Crippen molar-refractivity contribution < 1.29 is 13.2 Å². The lowest BCUT2D eigenvalue weighted by Gasteiger charge is -2.31. The first-order valence-electron chi connectivity index (χ1n) is 6.01. The van der Waals surface area contributed by atoms with Crippen LogP contribution in [0.25, 0.3) is 5.70 Å². The largest absolute Gasteiger partial charge is 0.378 e. The molecule has 19 heavy (non-hydrogen) atoms. The van der Waals surface area contributed by atoms with Crippen molar-refractivity contribution in [2.45, 2.75) is 0 Å². The van der Waals surface area contributed by atoms with Gasteiger partial charge < -0.3 is 9.64 Å². The van der Waals surface area contributed by atoms with E-state index in [1.807, 2.05) is 52.9 Å². The summed E-state index contributed by atoms with van der Waals surface area (Å²) in [4.78, 5) is 2.07. The second-order valence-corrected chi connectivity index (χ2v) is 7.89. The smallest absolute Gasteiger partial charge is 0.182 e. The summed E-state index contributed by atoms with van der Waals surface area (Å²) >= 11 is 1.88. The Morgan fingerprint density at radius 1 is 1.26 bits per heavy atom. The minimum Gasteiger partial charge on any atom is -0.378 e. The van der Waals surface area contributed by atoms with Gasteiger partial charge in [-0.05, 0) is 5.56 Å². The van der Waals surface area contributed by atoms with E-state index in [2.05, 4.69) is 4.90 Å². The van der Waals surface area contributed by atoms with Gasteiger partial charge in [0.05, 0.1) is 24.3 Å². The standard InChI is InChI=1S/C13H16INO3S/c14-11-19(16,17)10-13(12-4-2-1-3-5-12)15-6-8-18-9-7-15/h1-5,10H,6-9,11H2/b13-10+. The van der Waals surface area contributed by atoms with Crippen molar-refractivity contribution in [3.63, 3.8) is 0 Å². The van der Waals surface area contributed by atoms with Gasteiger partial charge in [-0.1, -0.05) is 52.9 Å². The van der Waals surface area contributed by atoms with E-state index < -0.39 is 9.84 Å². The summed E-state index contributed by atoms with van der Waals surface area (Å²) in [6.45, 7) is 2.71. The molecular weight excluding hydrogens is 377 g/mol. The Bertz CT molecular complexity index is 536. The van der Waals surface area contributed by atoms with Gasteiger partial charge in [-0.3, -0.25) is 0 Å². The van der Waals surface area contributed by atoms with Crippen LogP contribution in [0.4, 0.5) is 0 Å². The summed E-state index contributed by atoms with van der Waals surface area (Å²) in [5, 5.41) is 1.39. The Kier molecular flexibility index (Phi) is 5.23. The first kappa shape index (κ1) is 14.8. The van der Waals surface area contributed by atoms with Crippen LogP contribution >= 0.6 is 22.6 Å². The Labute approximate surface area is 127 Å². The molecule has 1 heterocycles. The lowest BCUT2D eigenvalue weighted by atomic mass is 10.1. The maximum absolute atomic E-state index is 11.9. The van der Waals surface area contributed by atoms with Crippen LogP contribution in [0.1, 0.15) is 5.56 Å². The predicted molar refractivity (Wildman–Crippen MR) is 84.6 cm³/mol. The minimum absolute atomic E-state index is 0.0887. The van der Waals surface area contributed by atoms with Crippen molar-refractivity contribution >= 4 is 38.1 Å². The molecule has 1 aromatic rings. The van der Waals surface area contributed by atoms with Gasteiger partial charge >= 0.3 is 0 Å². The Hall–Kier alpha value is -0.600. The molecule has 0 aliphatic carbocycles. The molecule has 1 aliphatic rings. The Morgan fingerprint density at radius 2 is 1.89 bits per heavy atom. The summed E-state index contributed by atoms with van der Waals surface area (Å²) in [5.74, 6) is 0. The third kappa shape index (κ3) is 4.19. The van der Waals surface area contributed by atoms with Crippen molar-refractivity contribution in [2.75, 3.05) is 30.1 Å². The average Bonchev–Trinajstić information content (AvgIpc) is 2.47. The number of hydrogen-bond donors (Lipinski definition) is 0. The topological polar surface area (TPSA) is 46.6 Å². The molecule has 1 fully saturated rings. The zero-order valence-corrected chi connectivity index (χ0v) is 13.4. The third-order valence-electron chi connectivity index (χ3n) is 2.86. The number of sulfone groups is 1. The van der Waals surface area contributed by atoms with Gasteiger partial charge in [0.15, 0.2) is 9.84 Å². The molecule has 1 saturated heterocycles. The summed E-state index contributed by atoms with van der Waals surface area (Å²) in [5.41, 5.74) is 1.69. The van der Waals surface area contributed by atoms with Crippen LogP contribution in [0.3, 0.4) is 0 Å². The van der Waals surface area contributed by atoms with E-state index in [1.165, 1.54) is 5.41 Å². The molecule has 4 nitrogen and oxygen atoms in total. The third-order valence-corrected chi connectivity index (χ3v) is 6.36. The fourth-order valence-corrected chi connectivity index (χ4v) is 3.17. The van der Waals surface area contributed by atoms with Crippen molar-refractivity contribution in [3.05, 3.63) is 41.3 Å². The van der Waals surface area contributed by atoms with E-state index in [9.17, 15) is 8.42 Å². The van der Waals surface area contributed by atoms with Crippen LogP contribution in [0.5, 0.6) is 0 Å². The highest BCUT2D eigenvalue weighted by molar-refractivity contribution is 14.1. The van der Waals surface area contributed by atoms with Crippen molar-refractivity contribution in [1.82, 2.24) is 4.90 Å². The van der Waals surface area contributed by atoms with E-state index in [0.717, 1.165) is 24.4 Å². The molecule has 0 aromatic heterocycles. The van der Waals surface area contributed by atoms with E-state index in [-0.39, 0.29) is 3.76 Å². The van der Waals surface area contributed by atoms with Gasteiger partial charge in [0.1, 0.15) is 3.76 Å². The predicted octanol–water partition coefficient (Wildman–Crippen LogP) is 2.12. The van der Waals surface area contributed by atoms with Gasteiger partial charge in [0, 0.05) is 13.1 Å². The monoisotopic (exact) mass is 393 g/mol. The first-order valence-corrected chi connectivity index (χ1v) is 9.25. The van der Waals surface area contributed by atoms with Crippen LogP contribution in [0.15, 0.2) is 35.7 Å². The zero-order valence-electron chi connectivity index (χ0n) is 10.5. The molecule has 0 amide bonds. The maximum atomic E-state index is 11.9. The molecule has 0 unspecified atom stereocenters. The van der Waals surface area contributed by atoms with E-state index in [0.29, 0.717) is 13.2 Å². The molecule has 1 aliphatic heterocycles. The second-order valence-electron chi connectivity index (χ2n) is 4.24. The minimum atomic E-state index is -3.17. The molecule has 2 rings (SSSR count). The van der Waals surface area contributed by atoms with Gasteiger partial charge in [0.2, 0.25) is 0 Å². The van der Waals surface area contributed by atoms with Gasteiger partial charge in [-0.2, -0.15) is 0 Å². The van der Waals surface area contributed by atoms with E-state index in [4.69, 9.17) is 4.74 Å². The van der Waals surface area contributed by atoms with Gasteiger partial charge in [0.25, 0.3) is 0 Å². The van der Waals surface area contributed by atoms with Crippen molar-refractivity contribution in [1.29, 1.82) is 0 Å². The Balaban J connectivity index is 2.39. The number of hydrogen-bond acceptors (Lipinski definition) is 4. The summed E-state index contributed by atoms with van der Waals surface area (Å²) in [6.07, 6.45) is 0. The average molecular weight is 393 g/mol. The van der Waals surface area contributed by atoms with Crippen LogP contribution in [-0.4, -0.2) is 43.4 Å². The van der Waals surface area contributed by atoms with Crippen LogP contribution in [0.2, 0.25) is 0 Å². The van der Waals surface area contributed by atoms with Crippen molar-refractivity contribution in [2.24, 2.45) is 0 Å². The van der Waals surface area contributed by atoms with Crippen LogP contribution in [-0.2, 0) is 14.6 Å². The lowest BCUT2D eigenvalue weighted by Crippen LogP contribution is -2.35. The lowest BCUT2D eigenvalue weighted by molar-refractivity contribution is 0.0640. The molecule has 0 radical (unpaired) electrons. The summed E-state index contributed by atoms with van der Waals surface area (Å²) < 4.78 is 29.2. The number of rotatable bonds is 4.